The second-order valence-corrected chi connectivity index (χ2v) is 9.90. The Balaban J connectivity index is 1.57. The predicted molar refractivity (Wildman–Crippen MR) is 118 cm³/mol. The molecule has 1 aliphatic heterocycles. The van der Waals surface area contributed by atoms with Crippen molar-refractivity contribution >= 4 is 21.9 Å². The van der Waals surface area contributed by atoms with E-state index in [4.69, 9.17) is 14.0 Å². The monoisotopic (exact) mass is 479 g/mol. The van der Waals surface area contributed by atoms with E-state index in [1.807, 2.05) is 18.2 Å². The maximum Gasteiger partial charge on any atom is 0.310 e. The van der Waals surface area contributed by atoms with Gasteiger partial charge in [-0.25, -0.2) is 8.42 Å². The number of esters is 1. The Bertz CT molecular complexity index is 1090. The topological polar surface area (TPSA) is 119 Å². The highest BCUT2D eigenvalue weighted by Gasteiger charge is 2.37. The number of benzene rings is 1. The van der Waals surface area contributed by atoms with Crippen LogP contribution in [0.3, 0.4) is 0 Å². The summed E-state index contributed by atoms with van der Waals surface area (Å²) in [4.78, 5) is 26.6. The summed E-state index contributed by atoms with van der Waals surface area (Å²) in [7, 11) is -0.681. The first-order chi connectivity index (χ1) is 15.6. The van der Waals surface area contributed by atoms with Crippen LogP contribution in [-0.2, 0) is 30.9 Å². The summed E-state index contributed by atoms with van der Waals surface area (Å²) in [6.45, 7) is 3.25. The number of piperidine rings is 1. The molecule has 0 bridgehead atoms. The molecule has 0 saturated carbocycles. The molecule has 33 heavy (non-hydrogen) atoms. The average Bonchev–Trinajstić information content (AvgIpc) is 3.16. The number of aromatic nitrogens is 1. The number of ether oxygens (including phenoxy) is 2. The van der Waals surface area contributed by atoms with Gasteiger partial charge in [-0.2, -0.15) is 4.31 Å². The normalized spacial score (nSPS) is 16.9. The van der Waals surface area contributed by atoms with Gasteiger partial charge in [0, 0.05) is 32.2 Å². The van der Waals surface area contributed by atoms with Crippen molar-refractivity contribution in [2.45, 2.75) is 38.1 Å². The van der Waals surface area contributed by atoms with Crippen LogP contribution in [-0.4, -0.2) is 68.5 Å². The van der Waals surface area contributed by atoms with E-state index in [1.54, 1.807) is 27.1 Å². The van der Waals surface area contributed by atoms with Gasteiger partial charge in [-0.15, -0.1) is 0 Å². The van der Waals surface area contributed by atoms with Crippen LogP contribution in [0.15, 0.2) is 33.7 Å². The minimum absolute atomic E-state index is 0.0174. The molecule has 1 atom stereocenters. The van der Waals surface area contributed by atoms with Crippen LogP contribution in [0, 0.1) is 19.8 Å². The van der Waals surface area contributed by atoms with E-state index in [1.165, 1.54) is 16.1 Å². The third-order valence-electron chi connectivity index (χ3n) is 5.65. The summed E-state index contributed by atoms with van der Waals surface area (Å²) in [6.07, 6.45) is 0.988. The van der Waals surface area contributed by atoms with Gasteiger partial charge in [-0.05, 0) is 32.8 Å². The summed E-state index contributed by atoms with van der Waals surface area (Å²) < 4.78 is 42.9. The number of aryl methyl sites for hydroxylation is 2. The fraction of sp³-hybridized carbons (Fsp3) is 0.500. The number of hydrogen-bond donors (Lipinski definition) is 0. The number of sulfonamides is 1. The number of carbonyl (C=O) groups excluding carboxylic acids is 2. The van der Waals surface area contributed by atoms with E-state index < -0.39 is 28.5 Å². The van der Waals surface area contributed by atoms with Crippen molar-refractivity contribution in [1.82, 2.24) is 14.4 Å². The fourth-order valence-electron chi connectivity index (χ4n) is 3.86. The lowest BCUT2D eigenvalue weighted by molar-refractivity contribution is -0.156. The first kappa shape index (κ1) is 24.7. The Kier molecular flexibility index (Phi) is 7.75. The zero-order chi connectivity index (χ0) is 24.2. The van der Waals surface area contributed by atoms with Crippen molar-refractivity contribution in [1.29, 1.82) is 0 Å². The molecule has 0 spiro atoms. The molecular formula is C22H29N3O7S. The Hall–Kier alpha value is -2.92. The first-order valence-electron chi connectivity index (χ1n) is 10.6. The second kappa shape index (κ2) is 10.3. The number of rotatable bonds is 8. The summed E-state index contributed by atoms with van der Waals surface area (Å²) in [5, 5.41) is 3.72. The number of likely N-dealkylation sites (N-methyl/N-ethyl adjacent to an activating group) is 1. The quantitative estimate of drug-likeness (QED) is 0.527. The summed E-state index contributed by atoms with van der Waals surface area (Å²) >= 11 is 0. The fourth-order valence-corrected chi connectivity index (χ4v) is 5.68. The Morgan fingerprint density at radius 3 is 2.67 bits per heavy atom. The number of methoxy groups -OCH3 is 1. The minimum Gasteiger partial charge on any atom is -0.496 e. The molecule has 3 rings (SSSR count). The largest absolute Gasteiger partial charge is 0.496 e. The van der Waals surface area contributed by atoms with Crippen molar-refractivity contribution in [3.63, 3.8) is 0 Å². The highest BCUT2D eigenvalue weighted by atomic mass is 32.2. The van der Waals surface area contributed by atoms with Crippen LogP contribution in [0.1, 0.15) is 29.9 Å². The molecule has 1 saturated heterocycles. The van der Waals surface area contributed by atoms with Crippen molar-refractivity contribution in [2.24, 2.45) is 5.92 Å². The summed E-state index contributed by atoms with van der Waals surface area (Å²) in [6, 6.07) is 7.34. The second-order valence-electron chi connectivity index (χ2n) is 8.02. The number of hydrogen-bond acceptors (Lipinski definition) is 8. The lowest BCUT2D eigenvalue weighted by atomic mass is 10.00. The van der Waals surface area contributed by atoms with Crippen molar-refractivity contribution in [2.75, 3.05) is 33.9 Å². The van der Waals surface area contributed by atoms with Crippen LogP contribution in [0.4, 0.5) is 0 Å². The van der Waals surface area contributed by atoms with Gasteiger partial charge < -0.3 is 18.9 Å². The van der Waals surface area contributed by atoms with E-state index in [0.717, 1.165) is 5.56 Å². The molecule has 2 heterocycles. The standard InChI is InChI=1S/C22H29N3O7S/c1-15-21(16(2)32-23-15)33(28,29)25-11-7-9-18(13-25)22(27)31-14-20(26)24(3)12-17-8-5-6-10-19(17)30-4/h5-6,8,10,18H,7,9,11-14H2,1-4H3. The van der Waals surface area contributed by atoms with E-state index in [0.29, 0.717) is 25.1 Å². The number of amides is 1. The number of nitrogens with zero attached hydrogens (tertiary/aromatic N) is 3. The maximum absolute atomic E-state index is 13.0. The molecule has 0 aliphatic carbocycles. The molecular weight excluding hydrogens is 450 g/mol. The van der Waals surface area contributed by atoms with Gasteiger partial charge in [0.1, 0.15) is 16.3 Å². The third-order valence-corrected chi connectivity index (χ3v) is 7.76. The maximum atomic E-state index is 13.0. The van der Waals surface area contributed by atoms with Crippen LogP contribution in [0.25, 0.3) is 0 Å². The molecule has 0 N–H and O–H groups in total. The first-order valence-corrected chi connectivity index (χ1v) is 12.0. The van der Waals surface area contributed by atoms with Gasteiger partial charge in [0.05, 0.1) is 13.0 Å². The molecule has 11 heteroatoms. The molecule has 1 aromatic carbocycles. The molecule has 1 aromatic heterocycles. The van der Waals surface area contributed by atoms with Crippen molar-refractivity contribution in [3.8, 4) is 5.75 Å². The zero-order valence-electron chi connectivity index (χ0n) is 19.2. The molecule has 10 nitrogen and oxygen atoms in total. The molecule has 1 unspecified atom stereocenters. The highest BCUT2D eigenvalue weighted by molar-refractivity contribution is 7.89. The van der Waals surface area contributed by atoms with Gasteiger partial charge in [0.2, 0.25) is 10.0 Å². The summed E-state index contributed by atoms with van der Waals surface area (Å²) in [5.74, 6) is -0.740. The lowest BCUT2D eigenvalue weighted by Gasteiger charge is -2.30. The molecule has 1 fully saturated rings. The van der Waals surface area contributed by atoms with Crippen molar-refractivity contribution < 1.29 is 32.0 Å². The molecule has 180 valence electrons. The van der Waals surface area contributed by atoms with Gasteiger partial charge in [0.25, 0.3) is 5.91 Å². The Morgan fingerprint density at radius 2 is 2.00 bits per heavy atom. The van der Waals surface area contributed by atoms with Gasteiger partial charge in [-0.1, -0.05) is 23.4 Å². The molecule has 0 radical (unpaired) electrons. The van der Waals surface area contributed by atoms with E-state index >= 15 is 0 Å². The summed E-state index contributed by atoms with van der Waals surface area (Å²) in [5.41, 5.74) is 1.11. The third kappa shape index (κ3) is 5.53. The van der Waals surface area contributed by atoms with E-state index in [2.05, 4.69) is 5.16 Å². The van der Waals surface area contributed by atoms with Gasteiger partial charge in [-0.3, -0.25) is 9.59 Å². The van der Waals surface area contributed by atoms with Crippen LogP contribution < -0.4 is 4.74 Å². The Morgan fingerprint density at radius 1 is 1.27 bits per heavy atom. The molecule has 2 aromatic rings. The van der Waals surface area contributed by atoms with Crippen molar-refractivity contribution in [3.05, 3.63) is 41.3 Å². The average molecular weight is 480 g/mol. The highest BCUT2D eigenvalue weighted by Crippen LogP contribution is 2.28. The van der Waals surface area contributed by atoms with E-state index in [-0.39, 0.29) is 35.3 Å². The smallest absolute Gasteiger partial charge is 0.310 e. The van der Waals surface area contributed by atoms with Crippen LogP contribution in [0.2, 0.25) is 0 Å². The van der Waals surface area contributed by atoms with Crippen LogP contribution in [0.5, 0.6) is 5.75 Å². The van der Waals surface area contributed by atoms with Crippen LogP contribution >= 0.6 is 0 Å². The minimum atomic E-state index is -3.85. The SMILES string of the molecule is COc1ccccc1CN(C)C(=O)COC(=O)C1CCCN(S(=O)(=O)c2c(C)noc2C)C1. The lowest BCUT2D eigenvalue weighted by Crippen LogP contribution is -2.43. The predicted octanol–water partition coefficient (Wildman–Crippen LogP) is 1.90. The van der Waals surface area contributed by atoms with Gasteiger partial charge >= 0.3 is 5.97 Å². The molecule has 1 amide bonds. The zero-order valence-corrected chi connectivity index (χ0v) is 20.1. The Labute approximate surface area is 193 Å². The van der Waals surface area contributed by atoms with Gasteiger partial charge in [0.15, 0.2) is 12.4 Å². The van der Waals surface area contributed by atoms with E-state index in [9.17, 15) is 18.0 Å². The number of carbonyl (C=O) groups is 2. The molecule has 1 aliphatic rings. The number of para-hydroxylation sites is 1.